The Balaban J connectivity index is 1.69. The van der Waals surface area contributed by atoms with Gasteiger partial charge in [-0.2, -0.15) is 5.26 Å². The summed E-state index contributed by atoms with van der Waals surface area (Å²) in [5.41, 5.74) is 2.65. The van der Waals surface area contributed by atoms with Gasteiger partial charge in [0.1, 0.15) is 0 Å². The first-order chi connectivity index (χ1) is 10.3. The van der Waals surface area contributed by atoms with Gasteiger partial charge >= 0.3 is 0 Å². The van der Waals surface area contributed by atoms with Crippen molar-refractivity contribution in [1.82, 2.24) is 9.97 Å². The molecule has 4 heteroatoms. The number of hydrogen-bond acceptors (Lipinski definition) is 4. The summed E-state index contributed by atoms with van der Waals surface area (Å²) in [7, 11) is 0. The van der Waals surface area contributed by atoms with E-state index in [2.05, 4.69) is 21.4 Å². The minimum Gasteiger partial charge on any atom is -0.351 e. The summed E-state index contributed by atoms with van der Waals surface area (Å²) in [6.45, 7) is 0. The molecule has 0 saturated heterocycles. The van der Waals surface area contributed by atoms with Crippen molar-refractivity contribution in [2.45, 2.75) is 38.1 Å². The number of aromatic nitrogens is 2. The first kappa shape index (κ1) is 13.6. The van der Waals surface area contributed by atoms with Crippen molar-refractivity contribution < 1.29 is 0 Å². The molecule has 0 spiro atoms. The van der Waals surface area contributed by atoms with Gasteiger partial charge in [-0.1, -0.05) is 31.4 Å². The Morgan fingerprint density at radius 3 is 2.24 bits per heavy atom. The van der Waals surface area contributed by atoms with E-state index in [1.54, 1.807) is 0 Å². The third kappa shape index (κ3) is 3.38. The van der Waals surface area contributed by atoms with Crippen molar-refractivity contribution in [2.75, 3.05) is 5.32 Å². The Hall–Kier alpha value is -2.41. The van der Waals surface area contributed by atoms with E-state index in [0.29, 0.717) is 17.6 Å². The van der Waals surface area contributed by atoms with Crippen molar-refractivity contribution in [3.8, 4) is 17.2 Å². The lowest BCUT2D eigenvalue weighted by Gasteiger charge is -2.22. The molecule has 1 fully saturated rings. The summed E-state index contributed by atoms with van der Waals surface area (Å²) in [6, 6.07) is 10.1. The molecule has 1 saturated carbocycles. The Morgan fingerprint density at radius 2 is 1.62 bits per heavy atom. The molecule has 1 aromatic carbocycles. The lowest BCUT2D eigenvalue weighted by atomic mass is 9.96. The predicted molar refractivity (Wildman–Crippen MR) is 82.7 cm³/mol. The highest BCUT2D eigenvalue weighted by atomic mass is 15.1. The van der Waals surface area contributed by atoms with E-state index in [4.69, 9.17) is 5.26 Å². The third-order valence-corrected chi connectivity index (χ3v) is 3.94. The summed E-state index contributed by atoms with van der Waals surface area (Å²) in [5, 5.41) is 12.2. The van der Waals surface area contributed by atoms with E-state index in [1.807, 2.05) is 36.7 Å². The summed E-state index contributed by atoms with van der Waals surface area (Å²) in [5.74, 6) is 0.708. The van der Waals surface area contributed by atoms with E-state index in [-0.39, 0.29) is 0 Å². The van der Waals surface area contributed by atoms with Crippen LogP contribution in [0.2, 0.25) is 0 Å². The average molecular weight is 278 g/mol. The zero-order valence-corrected chi connectivity index (χ0v) is 11.9. The molecular formula is C17H18N4. The van der Waals surface area contributed by atoms with Crippen LogP contribution >= 0.6 is 0 Å². The maximum absolute atomic E-state index is 8.81. The van der Waals surface area contributed by atoms with Crippen molar-refractivity contribution in [3.05, 3.63) is 42.2 Å². The van der Waals surface area contributed by atoms with Crippen LogP contribution in [0.3, 0.4) is 0 Å². The van der Waals surface area contributed by atoms with Gasteiger partial charge in [-0.15, -0.1) is 0 Å². The van der Waals surface area contributed by atoms with Crippen LogP contribution in [0.5, 0.6) is 0 Å². The van der Waals surface area contributed by atoms with E-state index < -0.39 is 0 Å². The van der Waals surface area contributed by atoms with Crippen LogP contribution in [-0.4, -0.2) is 16.0 Å². The minimum absolute atomic E-state index is 0.513. The van der Waals surface area contributed by atoms with E-state index >= 15 is 0 Å². The number of hydrogen-bond donors (Lipinski definition) is 1. The normalized spacial score (nSPS) is 15.4. The number of anilines is 1. The lowest BCUT2D eigenvalue weighted by molar-refractivity contribution is 0.461. The van der Waals surface area contributed by atoms with Crippen LogP contribution in [0.15, 0.2) is 36.7 Å². The molecule has 1 aromatic heterocycles. The number of benzene rings is 1. The Morgan fingerprint density at radius 1 is 0.952 bits per heavy atom. The topological polar surface area (TPSA) is 61.6 Å². The largest absolute Gasteiger partial charge is 0.351 e. The van der Waals surface area contributed by atoms with Crippen LogP contribution < -0.4 is 5.32 Å². The Bertz CT molecular complexity index is 619. The van der Waals surface area contributed by atoms with Crippen molar-refractivity contribution in [3.63, 3.8) is 0 Å². The lowest BCUT2D eigenvalue weighted by Crippen LogP contribution is -2.23. The highest BCUT2D eigenvalue weighted by molar-refractivity contribution is 5.62. The maximum atomic E-state index is 8.81. The van der Waals surface area contributed by atoms with Gasteiger partial charge in [0.25, 0.3) is 0 Å². The summed E-state index contributed by atoms with van der Waals surface area (Å²) in [4.78, 5) is 8.81. The van der Waals surface area contributed by atoms with E-state index in [9.17, 15) is 0 Å². The SMILES string of the molecule is N#Cc1ccc(-c2cnc(NC3CCCCC3)nc2)cc1. The molecule has 21 heavy (non-hydrogen) atoms. The monoisotopic (exact) mass is 278 g/mol. The van der Waals surface area contributed by atoms with Crippen LogP contribution in [0.25, 0.3) is 11.1 Å². The Labute approximate surface area is 124 Å². The molecule has 0 amide bonds. The van der Waals surface area contributed by atoms with Gasteiger partial charge < -0.3 is 5.32 Å². The van der Waals surface area contributed by atoms with Crippen LogP contribution in [0.1, 0.15) is 37.7 Å². The molecule has 3 rings (SSSR count). The predicted octanol–water partition coefficient (Wildman–Crippen LogP) is 3.76. The molecule has 0 atom stereocenters. The van der Waals surface area contributed by atoms with Crippen molar-refractivity contribution >= 4 is 5.95 Å². The van der Waals surface area contributed by atoms with Crippen LogP contribution in [-0.2, 0) is 0 Å². The van der Waals surface area contributed by atoms with Crippen molar-refractivity contribution in [1.29, 1.82) is 5.26 Å². The highest BCUT2D eigenvalue weighted by Crippen LogP contribution is 2.22. The third-order valence-electron chi connectivity index (χ3n) is 3.94. The number of nitriles is 1. The first-order valence-electron chi connectivity index (χ1n) is 7.44. The fraction of sp³-hybridized carbons (Fsp3) is 0.353. The average Bonchev–Trinajstić information content (AvgIpc) is 2.57. The fourth-order valence-electron chi connectivity index (χ4n) is 2.72. The van der Waals surface area contributed by atoms with Gasteiger partial charge in [0.2, 0.25) is 5.95 Å². The second-order valence-corrected chi connectivity index (χ2v) is 5.46. The summed E-state index contributed by atoms with van der Waals surface area (Å²) >= 11 is 0. The second-order valence-electron chi connectivity index (χ2n) is 5.46. The van der Waals surface area contributed by atoms with Gasteiger partial charge in [0.15, 0.2) is 0 Å². The maximum Gasteiger partial charge on any atom is 0.222 e. The first-order valence-corrected chi connectivity index (χ1v) is 7.44. The van der Waals surface area contributed by atoms with Crippen LogP contribution in [0.4, 0.5) is 5.95 Å². The van der Waals surface area contributed by atoms with Gasteiger partial charge in [-0.3, -0.25) is 0 Å². The fourth-order valence-corrected chi connectivity index (χ4v) is 2.72. The molecule has 4 nitrogen and oxygen atoms in total. The van der Waals surface area contributed by atoms with Crippen molar-refractivity contribution in [2.24, 2.45) is 0 Å². The molecule has 0 aliphatic heterocycles. The van der Waals surface area contributed by atoms with E-state index in [1.165, 1.54) is 32.1 Å². The molecule has 106 valence electrons. The molecule has 2 aromatic rings. The van der Waals surface area contributed by atoms with Gasteiger partial charge in [-0.05, 0) is 30.5 Å². The van der Waals surface area contributed by atoms with Gasteiger partial charge in [-0.25, -0.2) is 9.97 Å². The molecule has 1 aliphatic rings. The molecule has 0 bridgehead atoms. The van der Waals surface area contributed by atoms with E-state index in [0.717, 1.165) is 11.1 Å². The smallest absolute Gasteiger partial charge is 0.222 e. The number of rotatable bonds is 3. The van der Waals surface area contributed by atoms with Crippen LogP contribution in [0, 0.1) is 11.3 Å². The second kappa shape index (κ2) is 6.36. The van der Waals surface area contributed by atoms with Gasteiger partial charge in [0.05, 0.1) is 11.6 Å². The Kier molecular flexibility index (Phi) is 4.11. The molecular weight excluding hydrogens is 260 g/mol. The molecule has 0 radical (unpaired) electrons. The highest BCUT2D eigenvalue weighted by Gasteiger charge is 2.13. The molecule has 1 heterocycles. The summed E-state index contributed by atoms with van der Waals surface area (Å²) in [6.07, 6.45) is 10.0. The molecule has 1 N–H and O–H groups in total. The van der Waals surface area contributed by atoms with Gasteiger partial charge in [0, 0.05) is 24.0 Å². The zero-order chi connectivity index (χ0) is 14.5. The standard InChI is InChI=1S/C17H18N4/c18-10-13-6-8-14(9-7-13)15-11-19-17(20-12-15)21-16-4-2-1-3-5-16/h6-9,11-12,16H,1-5H2,(H,19,20,21). The number of nitrogens with one attached hydrogen (secondary N) is 1. The quantitative estimate of drug-likeness (QED) is 0.928. The molecule has 1 aliphatic carbocycles. The number of nitrogens with zero attached hydrogens (tertiary/aromatic N) is 3. The zero-order valence-electron chi connectivity index (χ0n) is 11.9. The summed E-state index contributed by atoms with van der Waals surface area (Å²) < 4.78 is 0. The minimum atomic E-state index is 0.513. The molecule has 0 unspecified atom stereocenters.